The lowest BCUT2D eigenvalue weighted by Crippen LogP contribution is -2.13. The molecule has 21 heavy (non-hydrogen) atoms. The summed E-state index contributed by atoms with van der Waals surface area (Å²) < 4.78 is 27.1. The summed E-state index contributed by atoms with van der Waals surface area (Å²) in [5.74, 6) is 0. The number of rotatable bonds is 5. The van der Waals surface area contributed by atoms with Crippen LogP contribution in [0.1, 0.15) is 23.1 Å². The summed E-state index contributed by atoms with van der Waals surface area (Å²) in [7, 11) is -3.70. The first-order chi connectivity index (χ1) is 9.87. The van der Waals surface area contributed by atoms with Crippen molar-refractivity contribution in [3.8, 4) is 0 Å². The summed E-state index contributed by atoms with van der Waals surface area (Å²) in [6, 6.07) is 4.49. The van der Waals surface area contributed by atoms with Crippen LogP contribution in [0.15, 0.2) is 23.1 Å². The van der Waals surface area contributed by atoms with Gasteiger partial charge in [0.25, 0.3) is 10.0 Å². The first-order valence-corrected chi connectivity index (χ1v) is 9.02. The Morgan fingerprint density at radius 2 is 2.14 bits per heavy atom. The van der Waals surface area contributed by atoms with Crippen molar-refractivity contribution in [3.63, 3.8) is 0 Å². The van der Waals surface area contributed by atoms with Gasteiger partial charge in [-0.15, -0.1) is 11.3 Å². The van der Waals surface area contributed by atoms with Crippen LogP contribution in [0.3, 0.4) is 0 Å². The van der Waals surface area contributed by atoms with E-state index >= 15 is 0 Å². The van der Waals surface area contributed by atoms with Gasteiger partial charge in [0.15, 0.2) is 5.13 Å². The Kier molecular flexibility index (Phi) is 4.88. The Morgan fingerprint density at radius 3 is 2.67 bits per heavy atom. The monoisotopic (exact) mass is 345 g/mol. The number of nitrogens with one attached hydrogen (secondary N) is 1. The van der Waals surface area contributed by atoms with E-state index in [-0.39, 0.29) is 11.4 Å². The average molecular weight is 346 g/mol. The lowest BCUT2D eigenvalue weighted by molar-refractivity contribution is 0.601. The molecule has 0 unspecified atom stereocenters. The average Bonchev–Trinajstić information content (AvgIpc) is 2.77. The van der Waals surface area contributed by atoms with Crippen LogP contribution in [-0.2, 0) is 23.0 Å². The van der Waals surface area contributed by atoms with Crippen LogP contribution in [0.4, 0.5) is 5.13 Å². The van der Waals surface area contributed by atoms with Crippen molar-refractivity contribution < 1.29 is 8.42 Å². The topological polar surface area (TPSA) is 85.1 Å². The van der Waals surface area contributed by atoms with Crippen LogP contribution in [0, 0.1) is 6.92 Å². The molecule has 8 heteroatoms. The Morgan fingerprint density at radius 1 is 1.43 bits per heavy atom. The van der Waals surface area contributed by atoms with Crippen molar-refractivity contribution in [3.05, 3.63) is 39.4 Å². The fourth-order valence-electron chi connectivity index (χ4n) is 1.83. The molecule has 0 saturated heterocycles. The molecule has 0 spiro atoms. The van der Waals surface area contributed by atoms with E-state index in [0.717, 1.165) is 17.0 Å². The number of benzene rings is 1. The molecule has 3 N–H and O–H groups in total. The fraction of sp³-hybridized carbons (Fsp3) is 0.308. The molecule has 0 aliphatic carbocycles. The molecule has 1 heterocycles. The molecular formula is C13H16ClN3O2S2. The van der Waals surface area contributed by atoms with E-state index in [9.17, 15) is 8.42 Å². The standard InChI is InChI=1S/C13H16ClN3O2S2/c1-3-12-8(2)20-13(16-12)17-21(18,19)10-5-4-9(7-15)11(14)6-10/h4-6H,3,7,15H2,1-2H3,(H,16,17). The first kappa shape index (κ1) is 16.2. The Labute approximate surface area is 133 Å². The van der Waals surface area contributed by atoms with Gasteiger partial charge in [-0.05, 0) is 31.0 Å². The molecule has 5 nitrogen and oxygen atoms in total. The zero-order chi connectivity index (χ0) is 15.6. The van der Waals surface area contributed by atoms with E-state index in [0.29, 0.717) is 15.7 Å². The minimum Gasteiger partial charge on any atom is -0.326 e. The van der Waals surface area contributed by atoms with Gasteiger partial charge in [0.1, 0.15) is 0 Å². The van der Waals surface area contributed by atoms with Gasteiger partial charge < -0.3 is 5.73 Å². The molecule has 1 aromatic carbocycles. The summed E-state index contributed by atoms with van der Waals surface area (Å²) in [6.07, 6.45) is 0.765. The molecule has 0 radical (unpaired) electrons. The number of hydrogen-bond acceptors (Lipinski definition) is 5. The smallest absolute Gasteiger partial charge is 0.263 e. The van der Waals surface area contributed by atoms with Gasteiger partial charge in [0.05, 0.1) is 10.6 Å². The molecule has 0 aliphatic rings. The summed E-state index contributed by atoms with van der Waals surface area (Å²) in [5.41, 5.74) is 7.11. The second-order valence-corrected chi connectivity index (χ2v) is 7.73. The highest BCUT2D eigenvalue weighted by Gasteiger charge is 2.18. The van der Waals surface area contributed by atoms with Crippen molar-refractivity contribution in [2.24, 2.45) is 5.73 Å². The number of thiazole rings is 1. The van der Waals surface area contributed by atoms with Crippen LogP contribution >= 0.6 is 22.9 Å². The van der Waals surface area contributed by atoms with Crippen LogP contribution in [-0.4, -0.2) is 13.4 Å². The maximum atomic E-state index is 12.3. The van der Waals surface area contributed by atoms with Gasteiger partial charge in [0.2, 0.25) is 0 Å². The number of aryl methyl sites for hydroxylation is 2. The largest absolute Gasteiger partial charge is 0.326 e. The highest BCUT2D eigenvalue weighted by atomic mass is 35.5. The third-order valence-electron chi connectivity index (χ3n) is 3.00. The van der Waals surface area contributed by atoms with Gasteiger partial charge >= 0.3 is 0 Å². The van der Waals surface area contributed by atoms with Gasteiger partial charge in [-0.2, -0.15) is 0 Å². The fourth-order valence-corrected chi connectivity index (χ4v) is 4.32. The van der Waals surface area contributed by atoms with Gasteiger partial charge in [-0.1, -0.05) is 24.6 Å². The number of hydrogen-bond donors (Lipinski definition) is 2. The second kappa shape index (κ2) is 6.31. The Hall–Kier alpha value is -1.15. The van der Waals surface area contributed by atoms with E-state index in [1.54, 1.807) is 6.07 Å². The SMILES string of the molecule is CCc1nc(NS(=O)(=O)c2ccc(CN)c(Cl)c2)sc1C. The number of nitrogens with zero attached hydrogens (tertiary/aromatic N) is 1. The second-order valence-electron chi connectivity index (χ2n) is 4.44. The molecule has 0 fully saturated rings. The Balaban J connectivity index is 2.31. The molecule has 0 saturated carbocycles. The highest BCUT2D eigenvalue weighted by molar-refractivity contribution is 7.93. The number of halogens is 1. The molecule has 0 atom stereocenters. The lowest BCUT2D eigenvalue weighted by atomic mass is 10.2. The molecule has 0 bridgehead atoms. The van der Waals surface area contributed by atoms with E-state index < -0.39 is 10.0 Å². The van der Waals surface area contributed by atoms with Crippen LogP contribution in [0.5, 0.6) is 0 Å². The Bertz CT molecular complexity index is 757. The zero-order valence-corrected chi connectivity index (χ0v) is 14.1. The van der Waals surface area contributed by atoms with E-state index in [4.69, 9.17) is 17.3 Å². The van der Waals surface area contributed by atoms with Gasteiger partial charge in [-0.25, -0.2) is 13.4 Å². The van der Waals surface area contributed by atoms with Crippen molar-refractivity contribution >= 4 is 38.1 Å². The molecule has 2 aromatic rings. The van der Waals surface area contributed by atoms with Gasteiger partial charge in [-0.3, -0.25) is 4.72 Å². The minimum absolute atomic E-state index is 0.0931. The summed E-state index contributed by atoms with van der Waals surface area (Å²) in [5, 5.41) is 0.702. The number of sulfonamides is 1. The van der Waals surface area contributed by atoms with Crippen LogP contribution in [0.25, 0.3) is 0 Å². The quantitative estimate of drug-likeness (QED) is 0.872. The van der Waals surface area contributed by atoms with Crippen LogP contribution < -0.4 is 10.5 Å². The molecule has 114 valence electrons. The predicted molar refractivity (Wildman–Crippen MR) is 86.4 cm³/mol. The van der Waals surface area contributed by atoms with Gasteiger partial charge in [0, 0.05) is 16.4 Å². The summed E-state index contributed by atoms with van der Waals surface area (Å²) in [4.78, 5) is 5.37. The van der Waals surface area contributed by atoms with E-state index in [1.165, 1.54) is 23.5 Å². The molecule has 2 rings (SSSR count). The number of aromatic nitrogens is 1. The van der Waals surface area contributed by atoms with Crippen molar-refractivity contribution in [1.29, 1.82) is 0 Å². The third-order valence-corrected chi connectivity index (χ3v) is 5.75. The zero-order valence-electron chi connectivity index (χ0n) is 11.7. The van der Waals surface area contributed by atoms with Crippen LogP contribution in [0.2, 0.25) is 5.02 Å². The lowest BCUT2D eigenvalue weighted by Gasteiger charge is -2.07. The van der Waals surface area contributed by atoms with E-state index in [2.05, 4.69) is 9.71 Å². The van der Waals surface area contributed by atoms with Crippen molar-refractivity contribution in [2.45, 2.75) is 31.7 Å². The van der Waals surface area contributed by atoms with E-state index in [1.807, 2.05) is 13.8 Å². The molecular weight excluding hydrogens is 330 g/mol. The normalized spacial score (nSPS) is 11.6. The molecule has 1 aromatic heterocycles. The highest BCUT2D eigenvalue weighted by Crippen LogP contribution is 2.26. The molecule has 0 aliphatic heterocycles. The summed E-state index contributed by atoms with van der Waals surface area (Å²) in [6.45, 7) is 4.16. The molecule has 0 amide bonds. The number of nitrogens with two attached hydrogens (primary N) is 1. The first-order valence-electron chi connectivity index (χ1n) is 6.35. The minimum atomic E-state index is -3.70. The maximum absolute atomic E-state index is 12.3. The van der Waals surface area contributed by atoms with Crippen molar-refractivity contribution in [2.75, 3.05) is 4.72 Å². The third kappa shape index (κ3) is 3.55. The summed E-state index contributed by atoms with van der Waals surface area (Å²) >= 11 is 7.32. The predicted octanol–water partition coefficient (Wildman–Crippen LogP) is 2.93. The van der Waals surface area contributed by atoms with Crippen molar-refractivity contribution in [1.82, 2.24) is 4.98 Å². The number of anilines is 1. The maximum Gasteiger partial charge on any atom is 0.263 e.